The molecule has 0 aromatic heterocycles. The number of hydrogen-bond acceptors (Lipinski definition) is 7. The van der Waals surface area contributed by atoms with Crippen LogP contribution in [0.2, 0.25) is 5.02 Å². The van der Waals surface area contributed by atoms with Crippen molar-refractivity contribution in [1.29, 1.82) is 0 Å². The normalized spacial score (nSPS) is 35.8. The second kappa shape index (κ2) is 13.2. The first-order valence-corrected chi connectivity index (χ1v) is 19.6. The Morgan fingerprint density at radius 2 is 1.96 bits per heavy atom. The number of benzene rings is 2. The highest BCUT2D eigenvalue weighted by atomic mass is 35.5. The number of rotatable bonds is 1. The van der Waals surface area contributed by atoms with E-state index in [1.807, 2.05) is 36.9 Å². The van der Waals surface area contributed by atoms with Gasteiger partial charge in [-0.15, -0.1) is 0 Å². The van der Waals surface area contributed by atoms with Gasteiger partial charge in [0.2, 0.25) is 5.91 Å². The highest BCUT2D eigenvalue weighted by Gasteiger charge is 2.45. The maximum absolute atomic E-state index is 14.0. The van der Waals surface area contributed by atoms with Crippen LogP contribution in [0.4, 0.5) is 5.69 Å². The Labute approximate surface area is 289 Å². The van der Waals surface area contributed by atoms with Crippen LogP contribution >= 0.6 is 11.6 Å². The lowest BCUT2D eigenvalue weighted by atomic mass is 9.67. The number of nitrogens with zero attached hydrogens (tertiary/aromatic N) is 2. The minimum absolute atomic E-state index is 0.0267. The summed E-state index contributed by atoms with van der Waals surface area (Å²) >= 11 is 6.44. The minimum Gasteiger partial charge on any atom is -0.490 e. The van der Waals surface area contributed by atoms with Crippen molar-refractivity contribution in [2.45, 2.75) is 81.6 Å². The van der Waals surface area contributed by atoms with Crippen LogP contribution in [0.3, 0.4) is 0 Å². The zero-order valence-electron chi connectivity index (χ0n) is 28.0. The molecule has 2 bridgehead atoms. The lowest BCUT2D eigenvalue weighted by Gasteiger charge is -2.47. The number of aliphatic hydroxyl groups is 1. The van der Waals surface area contributed by atoms with Gasteiger partial charge in [-0.2, -0.15) is 0 Å². The maximum atomic E-state index is 14.0. The third-order valence-electron chi connectivity index (χ3n) is 12.0. The zero-order chi connectivity index (χ0) is 33.8. The van der Waals surface area contributed by atoms with Crippen molar-refractivity contribution < 1.29 is 28.4 Å². The van der Waals surface area contributed by atoms with E-state index in [4.69, 9.17) is 21.1 Å². The smallest absolute Gasteiger partial charge is 0.262 e. The van der Waals surface area contributed by atoms with E-state index in [2.05, 4.69) is 27.6 Å². The minimum atomic E-state index is -3.07. The summed E-state index contributed by atoms with van der Waals surface area (Å²) in [4.78, 5) is 31.0. The topological polar surface area (TPSA) is 108 Å². The van der Waals surface area contributed by atoms with Gasteiger partial charge in [0.1, 0.15) is 12.4 Å². The predicted molar refractivity (Wildman–Crippen MR) is 189 cm³/mol. The van der Waals surface area contributed by atoms with Gasteiger partial charge in [0.25, 0.3) is 5.91 Å². The molecule has 2 fully saturated rings. The standard InChI is InChI=1S/C37H48ClN3O6S/c1-23-15-29(41-13-14-46-20-35(41)43)18-33(42)30-9-6-27(30)19-40-21-37(12-4-5-25-16-28(38)8-10-31(25)37)22-47-34-11-7-26(17-32(34)40)36(44)39-48(3,45)24(23)2/h7-8,10-11,16-17,23-24,27,29-30,33,42H,3-6,9,12-15,18-22H2,1-2H3,(H,39,44,45)/t23-,24+,27-,29+,30+,33-,37-,48?/m0/s1. The summed E-state index contributed by atoms with van der Waals surface area (Å²) in [5.41, 5.74) is 3.49. The predicted octanol–water partition coefficient (Wildman–Crippen LogP) is 4.61. The van der Waals surface area contributed by atoms with Crippen molar-refractivity contribution in [3.63, 3.8) is 0 Å². The fourth-order valence-electron chi connectivity index (χ4n) is 8.89. The van der Waals surface area contributed by atoms with Crippen molar-refractivity contribution in [3.8, 4) is 5.75 Å². The van der Waals surface area contributed by atoms with Crippen LogP contribution < -0.4 is 14.4 Å². The lowest BCUT2D eigenvalue weighted by molar-refractivity contribution is -0.147. The number of ether oxygens (including phenoxy) is 2. The number of aryl methyl sites for hydroxylation is 1. The number of nitrogens with one attached hydrogen (secondary N) is 1. The summed E-state index contributed by atoms with van der Waals surface area (Å²) in [7, 11) is -3.07. The first-order valence-electron chi connectivity index (χ1n) is 17.5. The molecule has 5 aliphatic rings. The van der Waals surface area contributed by atoms with Crippen LogP contribution in [-0.4, -0.2) is 88.8 Å². The number of carbonyl (C=O) groups excluding carboxylic acids is 2. The number of anilines is 1. The number of morpholine rings is 1. The van der Waals surface area contributed by atoms with Crippen LogP contribution in [0.15, 0.2) is 36.4 Å². The van der Waals surface area contributed by atoms with Gasteiger partial charge in [-0.25, -0.2) is 4.21 Å². The zero-order valence-corrected chi connectivity index (χ0v) is 29.6. The molecule has 1 saturated carbocycles. The lowest BCUT2D eigenvalue weighted by Crippen LogP contribution is -2.53. The van der Waals surface area contributed by atoms with Gasteiger partial charge in [0, 0.05) is 46.9 Å². The molecule has 1 spiro atoms. The maximum Gasteiger partial charge on any atom is 0.262 e. The van der Waals surface area contributed by atoms with Crippen molar-refractivity contribution >= 4 is 44.7 Å². The number of fused-ring (bicyclic) bond motifs is 4. The molecule has 7 rings (SSSR count). The van der Waals surface area contributed by atoms with Gasteiger partial charge in [-0.05, 0) is 117 Å². The Balaban J connectivity index is 1.28. The molecule has 0 radical (unpaired) electrons. The van der Waals surface area contributed by atoms with Crippen molar-refractivity contribution in [2.24, 2.45) is 17.8 Å². The molecular weight excluding hydrogens is 650 g/mol. The van der Waals surface area contributed by atoms with Crippen LogP contribution in [0, 0.1) is 17.8 Å². The fraction of sp³-hybridized carbons (Fsp3) is 0.595. The number of aliphatic hydroxyl groups excluding tert-OH is 1. The third kappa shape index (κ3) is 6.34. The van der Waals surface area contributed by atoms with Gasteiger partial charge < -0.3 is 24.4 Å². The van der Waals surface area contributed by atoms with Gasteiger partial charge >= 0.3 is 0 Å². The number of amides is 2. The van der Waals surface area contributed by atoms with E-state index in [0.717, 1.165) is 42.8 Å². The Kier molecular flexibility index (Phi) is 9.24. The summed E-state index contributed by atoms with van der Waals surface area (Å²) in [6, 6.07) is 11.4. The molecule has 260 valence electrons. The number of halogens is 1. The molecule has 1 unspecified atom stereocenters. The SMILES string of the molecule is C=S1(=O)NC(=O)c2ccc3c(c2)N(C[C@@H]2CC[C@H]2[C@@H](O)C[C@H](N2CCOCC2=O)C[C@H](C)[C@H]1C)C[C@@]1(CCCc2cc(Cl)ccc21)CO3. The van der Waals surface area contributed by atoms with E-state index in [1.165, 1.54) is 11.1 Å². The average Bonchev–Trinajstić information content (AvgIpc) is 3.18. The number of hydrogen-bond donors (Lipinski definition) is 2. The molecule has 2 aromatic rings. The van der Waals surface area contributed by atoms with E-state index in [0.29, 0.717) is 57.0 Å². The van der Waals surface area contributed by atoms with E-state index in [9.17, 15) is 18.9 Å². The van der Waals surface area contributed by atoms with Gasteiger partial charge in [0.15, 0.2) is 0 Å². The van der Waals surface area contributed by atoms with E-state index >= 15 is 0 Å². The van der Waals surface area contributed by atoms with E-state index in [1.54, 1.807) is 6.07 Å². The van der Waals surface area contributed by atoms with E-state index < -0.39 is 27.0 Å². The molecular formula is C37H48ClN3O6S. The van der Waals surface area contributed by atoms with Crippen LogP contribution in [0.5, 0.6) is 5.75 Å². The molecule has 48 heavy (non-hydrogen) atoms. The van der Waals surface area contributed by atoms with Crippen molar-refractivity contribution in [1.82, 2.24) is 9.62 Å². The second-order valence-electron chi connectivity index (χ2n) is 15.0. The third-order valence-corrected chi connectivity index (χ3v) is 14.4. The molecule has 2 N–H and O–H groups in total. The molecule has 2 aromatic carbocycles. The highest BCUT2D eigenvalue weighted by Crippen LogP contribution is 2.47. The Bertz CT molecular complexity index is 1680. The molecule has 11 heteroatoms. The van der Waals surface area contributed by atoms with Crippen LogP contribution in [-0.2, 0) is 31.1 Å². The van der Waals surface area contributed by atoms with Gasteiger partial charge in [0.05, 0.1) is 34.7 Å². The molecule has 2 amide bonds. The Hall–Kier alpha value is -2.79. The van der Waals surface area contributed by atoms with E-state index in [-0.39, 0.29) is 41.7 Å². The first-order chi connectivity index (χ1) is 22.9. The summed E-state index contributed by atoms with van der Waals surface area (Å²) < 4.78 is 28.9. The van der Waals surface area contributed by atoms with Gasteiger partial charge in [-0.3, -0.25) is 14.3 Å². The largest absolute Gasteiger partial charge is 0.490 e. The molecule has 8 atom stereocenters. The fourth-order valence-corrected chi connectivity index (χ4v) is 10.6. The van der Waals surface area contributed by atoms with Crippen LogP contribution in [0.25, 0.3) is 0 Å². The average molecular weight is 698 g/mol. The van der Waals surface area contributed by atoms with Crippen molar-refractivity contribution in [3.05, 3.63) is 58.1 Å². The Morgan fingerprint density at radius 3 is 2.73 bits per heavy atom. The second-order valence-corrected chi connectivity index (χ2v) is 17.8. The molecule has 2 aliphatic carbocycles. The number of carbonyl (C=O) groups is 2. The van der Waals surface area contributed by atoms with Crippen molar-refractivity contribution in [2.75, 3.05) is 44.4 Å². The molecule has 3 heterocycles. The summed E-state index contributed by atoms with van der Waals surface area (Å²) in [5.74, 6) is 4.37. The quantitative estimate of drug-likeness (QED) is 0.420. The monoisotopic (exact) mass is 697 g/mol. The summed E-state index contributed by atoms with van der Waals surface area (Å²) in [6.07, 6.45) is 5.26. The molecule has 3 aliphatic heterocycles. The highest BCUT2D eigenvalue weighted by molar-refractivity contribution is 7.99. The first kappa shape index (κ1) is 33.7. The van der Waals surface area contributed by atoms with Gasteiger partial charge in [-0.1, -0.05) is 24.6 Å². The Morgan fingerprint density at radius 1 is 1.12 bits per heavy atom. The summed E-state index contributed by atoms with van der Waals surface area (Å²) in [5, 5.41) is 12.1. The summed E-state index contributed by atoms with van der Waals surface area (Å²) in [6.45, 7) is 6.68. The molecule has 1 saturated heterocycles. The molecule has 9 nitrogen and oxygen atoms in total. The van der Waals surface area contributed by atoms with Crippen LogP contribution in [0.1, 0.15) is 73.9 Å².